The van der Waals surface area contributed by atoms with Gasteiger partial charge in [0, 0.05) is 6.20 Å². The minimum absolute atomic E-state index is 0.369. The molecular weight excluding hydrogens is 169 g/mol. The van der Waals surface area contributed by atoms with Crippen LogP contribution in [-0.2, 0) is 6.18 Å². The molecule has 0 amide bonds. The van der Waals surface area contributed by atoms with Crippen molar-refractivity contribution in [2.24, 2.45) is 0 Å². The molecule has 0 aromatic carbocycles. The maximum absolute atomic E-state index is 12.1. The van der Waals surface area contributed by atoms with Crippen molar-refractivity contribution < 1.29 is 14.5 Å². The lowest BCUT2D eigenvalue weighted by Gasteiger charge is -2.05. The normalized spacial score (nSPS) is 12.0. The van der Waals surface area contributed by atoms with Crippen molar-refractivity contribution >= 4 is 0 Å². The maximum atomic E-state index is 12.1. The van der Waals surface area contributed by atoms with Gasteiger partial charge in [-0.2, -0.15) is 18.4 Å². The number of hydrogen-bond donors (Lipinski definition) is 0. The number of hydrogen-bond acceptors (Lipinski definition) is 2. The Labute approximate surface area is 67.7 Å². The fraction of sp³-hybridized carbons (Fsp3) is 0.143. The predicted molar refractivity (Wildman–Crippen MR) is 34.0 cm³/mol. The topological polar surface area (TPSA) is 36.7 Å². The summed E-state index contributed by atoms with van der Waals surface area (Å²) in [5, 5.41) is 8.30. The Bertz CT molecular complexity index is 367. The fourth-order valence-corrected chi connectivity index (χ4v) is 0.666. The SMILES string of the molecule is [2H]c1cnc(C#N)c(C(F)(F)F)c1. The van der Waals surface area contributed by atoms with Crippen molar-refractivity contribution in [3.63, 3.8) is 0 Å². The Morgan fingerprint density at radius 3 is 2.75 bits per heavy atom. The van der Waals surface area contributed by atoms with Crippen LogP contribution in [0.15, 0.2) is 18.3 Å². The van der Waals surface area contributed by atoms with Crippen LogP contribution in [0.25, 0.3) is 0 Å². The summed E-state index contributed by atoms with van der Waals surface area (Å²) < 4.78 is 43.3. The van der Waals surface area contributed by atoms with Gasteiger partial charge in [-0.3, -0.25) is 0 Å². The summed E-state index contributed by atoms with van der Waals surface area (Å²) in [7, 11) is 0. The Hall–Kier alpha value is -1.57. The molecule has 1 aromatic heterocycles. The van der Waals surface area contributed by atoms with Crippen molar-refractivity contribution in [1.29, 1.82) is 5.26 Å². The van der Waals surface area contributed by atoms with Gasteiger partial charge in [0.15, 0.2) is 5.69 Å². The Kier molecular flexibility index (Phi) is 1.67. The quantitative estimate of drug-likeness (QED) is 0.601. The zero-order valence-corrected chi connectivity index (χ0v) is 5.68. The molecule has 1 rings (SSSR count). The summed E-state index contributed by atoms with van der Waals surface area (Å²) in [6, 6.07) is 1.52. The van der Waals surface area contributed by atoms with Gasteiger partial charge in [0.1, 0.15) is 6.07 Å². The molecule has 0 unspecified atom stereocenters. The molecule has 12 heavy (non-hydrogen) atoms. The van der Waals surface area contributed by atoms with E-state index in [0.29, 0.717) is 6.07 Å². The second kappa shape index (κ2) is 2.81. The molecule has 0 spiro atoms. The summed E-state index contributed by atoms with van der Waals surface area (Å²) in [6.07, 6.45) is -3.73. The lowest BCUT2D eigenvalue weighted by atomic mass is 10.2. The largest absolute Gasteiger partial charge is 0.419 e. The number of nitriles is 1. The third-order valence-corrected chi connectivity index (χ3v) is 1.16. The molecule has 0 N–H and O–H groups in total. The van der Waals surface area contributed by atoms with Gasteiger partial charge in [0.05, 0.1) is 6.93 Å². The molecule has 1 heterocycles. The van der Waals surface area contributed by atoms with Gasteiger partial charge < -0.3 is 0 Å². The molecule has 0 bridgehead atoms. The number of aromatic nitrogens is 1. The standard InChI is InChI=1S/C7H3F3N2/c8-7(9,10)5-2-1-3-12-6(5)4-11/h1-3H/i1D. The average Bonchev–Trinajstić information content (AvgIpc) is 2.03. The van der Waals surface area contributed by atoms with E-state index in [4.69, 9.17) is 6.63 Å². The first-order valence-electron chi connectivity index (χ1n) is 3.39. The van der Waals surface area contributed by atoms with Crippen LogP contribution in [0.1, 0.15) is 12.6 Å². The van der Waals surface area contributed by atoms with E-state index in [1.807, 2.05) is 0 Å². The van der Waals surface area contributed by atoms with E-state index >= 15 is 0 Å². The summed E-state index contributed by atoms with van der Waals surface area (Å²) >= 11 is 0. The van der Waals surface area contributed by atoms with Gasteiger partial charge in [-0.15, -0.1) is 0 Å². The smallest absolute Gasteiger partial charge is 0.245 e. The number of nitrogens with zero attached hydrogens (tertiary/aromatic N) is 2. The molecule has 0 saturated carbocycles. The van der Waals surface area contributed by atoms with Gasteiger partial charge >= 0.3 is 6.18 Å². The highest BCUT2D eigenvalue weighted by molar-refractivity contribution is 5.32. The number of alkyl halides is 3. The summed E-state index contributed by atoms with van der Waals surface area (Å²) in [4.78, 5) is 3.19. The van der Waals surface area contributed by atoms with Crippen molar-refractivity contribution in [3.8, 4) is 6.07 Å². The molecule has 0 radical (unpaired) electrons. The van der Waals surface area contributed by atoms with Crippen molar-refractivity contribution in [3.05, 3.63) is 29.6 Å². The Morgan fingerprint density at radius 1 is 1.58 bits per heavy atom. The highest BCUT2D eigenvalue weighted by Crippen LogP contribution is 2.30. The maximum Gasteiger partial charge on any atom is 0.419 e. The van der Waals surface area contributed by atoms with E-state index in [9.17, 15) is 13.2 Å². The van der Waals surface area contributed by atoms with Crippen LogP contribution < -0.4 is 0 Å². The number of pyridine rings is 1. The first-order valence-corrected chi connectivity index (χ1v) is 2.89. The molecule has 2 nitrogen and oxygen atoms in total. The van der Waals surface area contributed by atoms with E-state index in [2.05, 4.69) is 4.98 Å². The molecule has 0 aliphatic heterocycles. The second-order valence-electron chi connectivity index (χ2n) is 1.94. The molecule has 0 saturated heterocycles. The van der Waals surface area contributed by atoms with Crippen molar-refractivity contribution in [1.82, 2.24) is 4.98 Å². The third kappa shape index (κ3) is 1.53. The summed E-state index contributed by atoms with van der Waals surface area (Å²) in [5.74, 6) is 0. The lowest BCUT2D eigenvalue weighted by Crippen LogP contribution is -2.08. The van der Waals surface area contributed by atoms with Crippen LogP contribution in [0.2, 0.25) is 0 Å². The minimum Gasteiger partial charge on any atom is -0.245 e. The molecule has 5 heteroatoms. The fourth-order valence-electron chi connectivity index (χ4n) is 0.666. The van der Waals surface area contributed by atoms with Crippen LogP contribution in [0.5, 0.6) is 0 Å². The number of rotatable bonds is 0. The Balaban J connectivity index is 3.35. The van der Waals surface area contributed by atoms with Crippen LogP contribution in [0.4, 0.5) is 13.2 Å². The van der Waals surface area contributed by atoms with Gasteiger partial charge in [-0.25, -0.2) is 4.98 Å². The first-order chi connectivity index (χ1) is 5.95. The van der Waals surface area contributed by atoms with Crippen LogP contribution in [0.3, 0.4) is 0 Å². The van der Waals surface area contributed by atoms with Crippen LogP contribution >= 0.6 is 0 Å². The first kappa shape index (κ1) is 7.10. The molecular formula is C7H3F3N2. The summed E-state index contributed by atoms with van der Waals surface area (Å²) in [6.45, 7) is 0. The van der Waals surface area contributed by atoms with Crippen LogP contribution in [0, 0.1) is 11.3 Å². The Morgan fingerprint density at radius 2 is 2.25 bits per heavy atom. The molecule has 0 aliphatic carbocycles. The van der Waals surface area contributed by atoms with Crippen molar-refractivity contribution in [2.75, 3.05) is 0 Å². The lowest BCUT2D eigenvalue weighted by molar-refractivity contribution is -0.138. The molecule has 0 atom stereocenters. The monoisotopic (exact) mass is 173 g/mol. The van der Waals surface area contributed by atoms with E-state index in [1.165, 1.54) is 6.07 Å². The second-order valence-corrected chi connectivity index (χ2v) is 1.94. The van der Waals surface area contributed by atoms with Crippen molar-refractivity contribution in [2.45, 2.75) is 6.18 Å². The minimum atomic E-state index is -4.63. The third-order valence-electron chi connectivity index (χ3n) is 1.16. The molecule has 1 aromatic rings. The van der Waals surface area contributed by atoms with Gasteiger partial charge in [-0.05, 0) is 12.1 Å². The average molecular weight is 173 g/mol. The zero-order valence-electron chi connectivity index (χ0n) is 6.68. The van der Waals surface area contributed by atoms with E-state index < -0.39 is 17.4 Å². The molecule has 0 fully saturated rings. The van der Waals surface area contributed by atoms with Gasteiger partial charge in [0.2, 0.25) is 0 Å². The van der Waals surface area contributed by atoms with E-state index in [1.54, 1.807) is 0 Å². The predicted octanol–water partition coefficient (Wildman–Crippen LogP) is 1.97. The summed E-state index contributed by atoms with van der Waals surface area (Å²) in [5.41, 5.74) is -1.87. The highest BCUT2D eigenvalue weighted by Gasteiger charge is 2.33. The molecule has 0 aliphatic rings. The van der Waals surface area contributed by atoms with E-state index in [-0.39, 0.29) is 6.04 Å². The highest BCUT2D eigenvalue weighted by atomic mass is 19.4. The van der Waals surface area contributed by atoms with E-state index in [0.717, 1.165) is 6.20 Å². The zero-order chi connectivity index (χ0) is 10.1. The van der Waals surface area contributed by atoms with Gasteiger partial charge in [-0.1, -0.05) is 0 Å². The number of halogens is 3. The molecule has 62 valence electrons. The van der Waals surface area contributed by atoms with Gasteiger partial charge in [0.25, 0.3) is 0 Å². The van der Waals surface area contributed by atoms with Crippen LogP contribution in [-0.4, -0.2) is 4.98 Å².